The zero-order valence-corrected chi connectivity index (χ0v) is 12.1. The topological polar surface area (TPSA) is 70.3 Å². The normalized spacial score (nSPS) is 11.9. The van der Waals surface area contributed by atoms with E-state index in [1.54, 1.807) is 6.08 Å². The highest BCUT2D eigenvalue weighted by molar-refractivity contribution is 6.26. The Morgan fingerprint density at radius 2 is 1.57 bits per heavy atom. The lowest BCUT2D eigenvalue weighted by Gasteiger charge is -2.23. The van der Waals surface area contributed by atoms with Crippen molar-refractivity contribution in [3.05, 3.63) is 71.3 Å². The number of nitrogens with one attached hydrogen (secondary N) is 1. The number of isocyanates is 2. The van der Waals surface area contributed by atoms with Gasteiger partial charge in [0.15, 0.2) is 5.00 Å². The summed E-state index contributed by atoms with van der Waals surface area (Å²) < 4.78 is 0. The molecule has 5 heteroatoms. The van der Waals surface area contributed by atoms with Gasteiger partial charge < -0.3 is 0 Å². The van der Waals surface area contributed by atoms with Crippen molar-refractivity contribution in [1.29, 1.82) is 5.41 Å². The first-order valence-electron chi connectivity index (χ1n) is 6.03. The van der Waals surface area contributed by atoms with Crippen LogP contribution in [0.25, 0.3) is 0 Å². The Hall–Kier alpha value is -2.51. The van der Waals surface area contributed by atoms with Gasteiger partial charge in [-0.3, -0.25) is 0 Å². The maximum absolute atomic E-state index is 10.7. The molecule has 0 radical (unpaired) electrons. The summed E-state index contributed by atoms with van der Waals surface area (Å²) in [7, 11) is 0. The maximum Gasteiger partial charge on any atom is 0.237 e. The number of nitrogens with zero attached hydrogens (tertiary/aromatic N) is 1. The quantitative estimate of drug-likeness (QED) is 0.406. The van der Waals surface area contributed by atoms with Crippen LogP contribution in [0.2, 0.25) is 0 Å². The van der Waals surface area contributed by atoms with E-state index in [-0.39, 0.29) is 0 Å². The third-order valence-corrected chi connectivity index (χ3v) is 3.36. The summed E-state index contributed by atoms with van der Waals surface area (Å²) in [6, 6.07) is 16.9. The second-order valence-corrected chi connectivity index (χ2v) is 4.66. The average molecular weight is 301 g/mol. The number of hydrogen-bond donors (Lipinski definition) is 1. The van der Waals surface area contributed by atoms with Gasteiger partial charge in [-0.1, -0.05) is 66.2 Å². The van der Waals surface area contributed by atoms with E-state index in [0.717, 1.165) is 22.8 Å². The molecule has 106 valence electrons. The predicted molar refractivity (Wildman–Crippen MR) is 80.8 cm³/mol. The number of hydrogen-bond acceptors (Lipinski definition) is 4. The Labute approximate surface area is 127 Å². The van der Waals surface area contributed by atoms with Crippen LogP contribution in [0.15, 0.2) is 59.6 Å². The Balaban J connectivity index is 0.000000677. The molecule has 4 nitrogen and oxygen atoms in total. The molecule has 21 heavy (non-hydrogen) atoms. The highest BCUT2D eigenvalue weighted by atomic mass is 35.5. The Kier molecular flexibility index (Phi) is 6.25. The van der Waals surface area contributed by atoms with Crippen molar-refractivity contribution in [2.24, 2.45) is 4.99 Å². The number of rotatable bonds is 3. The van der Waals surface area contributed by atoms with E-state index in [9.17, 15) is 4.79 Å². The van der Waals surface area contributed by atoms with Crippen molar-refractivity contribution < 1.29 is 9.59 Å². The molecule has 0 amide bonds. The van der Waals surface area contributed by atoms with Crippen molar-refractivity contribution in [1.82, 2.24) is 0 Å². The summed E-state index contributed by atoms with van der Waals surface area (Å²) in [5, 5.41) is 5.40. The molecular formula is C16H13ClN2O2. The van der Waals surface area contributed by atoms with E-state index in [1.165, 1.54) is 0 Å². The average Bonchev–Trinajstić information content (AvgIpc) is 2.49. The molecule has 0 aromatic heterocycles. The zero-order chi connectivity index (χ0) is 15.7. The van der Waals surface area contributed by atoms with Crippen molar-refractivity contribution in [2.45, 2.75) is 11.9 Å². The summed E-state index contributed by atoms with van der Waals surface area (Å²) in [6.07, 6.45) is 2.33. The van der Waals surface area contributed by atoms with E-state index in [4.69, 9.17) is 21.8 Å². The molecule has 0 saturated heterocycles. The van der Waals surface area contributed by atoms with Crippen molar-refractivity contribution in [2.75, 3.05) is 0 Å². The van der Waals surface area contributed by atoms with E-state index in [2.05, 4.69) is 4.99 Å². The summed E-state index contributed by atoms with van der Waals surface area (Å²) in [6.45, 7) is 1.94. The van der Waals surface area contributed by atoms with Crippen LogP contribution >= 0.6 is 11.6 Å². The third-order valence-electron chi connectivity index (χ3n) is 2.86. The lowest BCUT2D eigenvalue weighted by atomic mass is 9.95. The zero-order valence-electron chi connectivity index (χ0n) is 11.3. The van der Waals surface area contributed by atoms with Crippen LogP contribution in [0, 0.1) is 12.3 Å². The number of benzene rings is 2. The fraction of sp³-hybridized carbons (Fsp3) is 0.125. The van der Waals surface area contributed by atoms with Gasteiger partial charge in [0, 0.05) is 5.56 Å². The molecule has 1 atom stereocenters. The number of carbonyl (C=O) groups excluding carboxylic acids is 2. The number of halogens is 1. The Morgan fingerprint density at radius 3 is 2.10 bits per heavy atom. The van der Waals surface area contributed by atoms with Gasteiger partial charge in [-0.15, -0.1) is 0 Å². The molecule has 0 aliphatic heterocycles. The highest BCUT2D eigenvalue weighted by Crippen LogP contribution is 2.39. The minimum atomic E-state index is -1.20. The van der Waals surface area contributed by atoms with Gasteiger partial charge in [0.1, 0.15) is 0 Å². The van der Waals surface area contributed by atoms with Gasteiger partial charge >= 0.3 is 0 Å². The largest absolute Gasteiger partial charge is 0.237 e. The standard InChI is InChI=1S/C15H12ClNO.CHNO/c1-12-7-5-6-10-14(12)15(16,17-11-18)13-8-3-2-4-9-13;2-1-3/h2-10H,1H3;2H. The van der Waals surface area contributed by atoms with Crippen LogP contribution in [0.1, 0.15) is 16.7 Å². The van der Waals surface area contributed by atoms with E-state index < -0.39 is 5.00 Å². The monoisotopic (exact) mass is 300 g/mol. The first-order valence-corrected chi connectivity index (χ1v) is 6.41. The summed E-state index contributed by atoms with van der Waals surface area (Å²) in [4.78, 5) is 21.7. The van der Waals surface area contributed by atoms with Crippen LogP contribution in [0.4, 0.5) is 0 Å². The number of alkyl halides is 1. The van der Waals surface area contributed by atoms with Gasteiger partial charge in [0.25, 0.3) is 0 Å². The highest BCUT2D eigenvalue weighted by Gasteiger charge is 2.32. The maximum atomic E-state index is 10.7. The molecule has 1 unspecified atom stereocenters. The summed E-state index contributed by atoms with van der Waals surface area (Å²) in [5.74, 6) is 0. The fourth-order valence-electron chi connectivity index (χ4n) is 1.95. The van der Waals surface area contributed by atoms with E-state index in [0.29, 0.717) is 0 Å². The smallest absolute Gasteiger partial charge is 0.222 e. The first kappa shape index (κ1) is 16.5. The van der Waals surface area contributed by atoms with Crippen LogP contribution in [0.3, 0.4) is 0 Å². The van der Waals surface area contributed by atoms with Crippen molar-refractivity contribution >= 4 is 23.8 Å². The van der Waals surface area contributed by atoms with Gasteiger partial charge in [-0.2, -0.15) is 4.99 Å². The summed E-state index contributed by atoms with van der Waals surface area (Å²) >= 11 is 6.57. The molecule has 2 aromatic carbocycles. The van der Waals surface area contributed by atoms with Crippen molar-refractivity contribution in [3.63, 3.8) is 0 Å². The molecule has 0 saturated carbocycles. The molecule has 2 aromatic rings. The lowest BCUT2D eigenvalue weighted by Crippen LogP contribution is -2.18. The van der Waals surface area contributed by atoms with Gasteiger partial charge in [-0.25, -0.2) is 15.0 Å². The van der Waals surface area contributed by atoms with Gasteiger partial charge in [-0.05, 0) is 18.1 Å². The molecule has 0 bridgehead atoms. The molecule has 0 aliphatic rings. The predicted octanol–water partition coefficient (Wildman–Crippen LogP) is 3.67. The van der Waals surface area contributed by atoms with Gasteiger partial charge in [0.05, 0.1) is 0 Å². The first-order chi connectivity index (χ1) is 10.1. The minimum Gasteiger partial charge on any atom is -0.222 e. The SMILES string of the molecule is Cc1ccccc1C(Cl)(N=C=O)c1ccccc1.N=C=O. The molecule has 2 rings (SSSR count). The van der Waals surface area contributed by atoms with Crippen LogP contribution < -0.4 is 0 Å². The third kappa shape index (κ3) is 3.98. The molecule has 0 fully saturated rings. The van der Waals surface area contributed by atoms with Crippen LogP contribution in [-0.2, 0) is 14.6 Å². The van der Waals surface area contributed by atoms with Gasteiger partial charge in [0.2, 0.25) is 12.2 Å². The second kappa shape index (κ2) is 7.93. The van der Waals surface area contributed by atoms with E-state index >= 15 is 0 Å². The molecule has 0 heterocycles. The molecule has 0 spiro atoms. The van der Waals surface area contributed by atoms with Crippen molar-refractivity contribution in [3.8, 4) is 0 Å². The number of aryl methyl sites for hydroxylation is 1. The fourth-order valence-corrected chi connectivity index (χ4v) is 2.32. The second-order valence-electron chi connectivity index (χ2n) is 4.11. The minimum absolute atomic E-state index is 0.750. The van der Waals surface area contributed by atoms with E-state index in [1.807, 2.05) is 61.5 Å². The summed E-state index contributed by atoms with van der Waals surface area (Å²) in [5.41, 5.74) is 2.53. The molecule has 0 aliphatic carbocycles. The molecule has 1 N–H and O–H groups in total. The van der Waals surface area contributed by atoms with Crippen LogP contribution in [-0.4, -0.2) is 12.2 Å². The molecular weight excluding hydrogens is 288 g/mol. The lowest BCUT2D eigenvalue weighted by molar-refractivity contribution is 0.557. The Bertz CT molecular complexity index is 676. The van der Waals surface area contributed by atoms with Crippen LogP contribution in [0.5, 0.6) is 0 Å². The number of aliphatic imine (C=N–C) groups is 1. The Morgan fingerprint density at radius 1 is 1.05 bits per heavy atom.